The number of H-pyrrole nitrogens is 2. The second-order valence-corrected chi connectivity index (χ2v) is 8.86. The first-order chi connectivity index (χ1) is 15.9. The molecule has 2 fully saturated rings. The molecule has 33 heavy (non-hydrogen) atoms. The van der Waals surface area contributed by atoms with Crippen LogP contribution in [0.2, 0.25) is 0 Å². The molecule has 172 valence electrons. The molecule has 2 saturated heterocycles. The van der Waals surface area contributed by atoms with Crippen molar-refractivity contribution in [3.63, 3.8) is 0 Å². The quantitative estimate of drug-likeness (QED) is 0.531. The number of nitrogens with zero attached hydrogens (tertiary/aromatic N) is 4. The summed E-state index contributed by atoms with van der Waals surface area (Å²) in [7, 11) is 0. The maximum absolute atomic E-state index is 13.5. The molecule has 1 unspecified atom stereocenters. The molecule has 2 aromatic heterocycles. The van der Waals surface area contributed by atoms with Crippen LogP contribution < -0.4 is 10.9 Å². The number of benzene rings is 1. The number of aryl methyl sites for hydroxylation is 1. The third-order valence-corrected chi connectivity index (χ3v) is 6.58. The van der Waals surface area contributed by atoms with Gasteiger partial charge in [0.2, 0.25) is 0 Å². The lowest BCUT2D eigenvalue weighted by atomic mass is 9.78. The highest BCUT2D eigenvalue weighted by molar-refractivity contribution is 5.97. The molecule has 11 nitrogen and oxygen atoms in total. The molecule has 3 N–H and O–H groups in total. The molecule has 2 aliphatic rings. The summed E-state index contributed by atoms with van der Waals surface area (Å²) in [6.07, 6.45) is 2.52. The number of aromatic nitrogens is 5. The fourth-order valence-electron chi connectivity index (χ4n) is 4.89. The van der Waals surface area contributed by atoms with Gasteiger partial charge in [0.25, 0.3) is 17.4 Å². The molecule has 1 spiro atoms. The number of carbonyl (C=O) groups is 2. The van der Waals surface area contributed by atoms with Gasteiger partial charge in [0.1, 0.15) is 22.6 Å². The number of nitrogens with one attached hydrogen (secondary N) is 3. The Balaban J connectivity index is 1.37. The summed E-state index contributed by atoms with van der Waals surface area (Å²) in [6.45, 7) is 3.84. The molecule has 3 aromatic rings. The summed E-state index contributed by atoms with van der Waals surface area (Å²) in [6, 6.07) is 6.24. The van der Waals surface area contributed by atoms with Crippen LogP contribution in [0.15, 0.2) is 29.1 Å². The van der Waals surface area contributed by atoms with Crippen LogP contribution in [0.5, 0.6) is 0 Å². The number of ether oxygens (including phenoxy) is 1. The fraction of sp³-hybridized carbons (Fsp3) is 0.455. The first-order valence-corrected chi connectivity index (χ1v) is 11.0. The van der Waals surface area contributed by atoms with Crippen LogP contribution in [0.3, 0.4) is 0 Å². The minimum Gasteiger partial charge on any atom is -0.381 e. The van der Waals surface area contributed by atoms with Crippen molar-refractivity contribution in [2.75, 3.05) is 26.3 Å². The van der Waals surface area contributed by atoms with Gasteiger partial charge in [-0.25, -0.2) is 4.98 Å². The Morgan fingerprint density at radius 1 is 1.21 bits per heavy atom. The maximum Gasteiger partial charge on any atom is 0.270 e. The van der Waals surface area contributed by atoms with Gasteiger partial charge in [0.15, 0.2) is 0 Å². The number of likely N-dealkylation sites (tertiary alicyclic amines) is 1. The van der Waals surface area contributed by atoms with Gasteiger partial charge < -0.3 is 19.9 Å². The first-order valence-electron chi connectivity index (χ1n) is 11.0. The van der Waals surface area contributed by atoms with E-state index in [0.717, 1.165) is 19.3 Å². The molecule has 0 bridgehead atoms. The highest BCUT2D eigenvalue weighted by Crippen LogP contribution is 2.43. The molecule has 2 aliphatic heterocycles. The second kappa shape index (κ2) is 8.39. The molecule has 4 heterocycles. The van der Waals surface area contributed by atoms with E-state index in [9.17, 15) is 14.4 Å². The Morgan fingerprint density at radius 3 is 2.79 bits per heavy atom. The van der Waals surface area contributed by atoms with Gasteiger partial charge in [0.05, 0.1) is 0 Å². The number of carbonyl (C=O) groups excluding carboxylic acids is 2. The Morgan fingerprint density at radius 2 is 2.00 bits per heavy atom. The number of hydrogen-bond acceptors (Lipinski definition) is 7. The standard InChI is InChI=1S/C22H25N7O4/c1-13-24-18(9-19(30)25-13)20(31)23-11-15-10-22(4-6-33-7-5-22)12-29(15)21(32)14-2-3-16-17(8-14)27-28-26-16/h2-3,8-9,15H,4-7,10-12H2,1H3,(H,23,31)(H,24,25,30)(H,26,27,28). The molecule has 2 amide bonds. The first kappa shape index (κ1) is 21.3. The Bertz CT molecular complexity index is 1260. The molecular formula is C22H25N7O4. The highest BCUT2D eigenvalue weighted by Gasteiger charge is 2.46. The van der Waals surface area contributed by atoms with Crippen LogP contribution in [-0.4, -0.2) is 74.4 Å². The Hall–Kier alpha value is -3.60. The third kappa shape index (κ3) is 4.23. The van der Waals surface area contributed by atoms with Gasteiger partial charge in [-0.1, -0.05) is 0 Å². The van der Waals surface area contributed by atoms with Crippen LogP contribution in [0.4, 0.5) is 0 Å². The number of amides is 2. The average Bonchev–Trinajstić information content (AvgIpc) is 3.41. The number of fused-ring (bicyclic) bond motifs is 1. The van der Waals surface area contributed by atoms with E-state index in [-0.39, 0.29) is 35.2 Å². The Labute approximate surface area is 188 Å². The van der Waals surface area contributed by atoms with Crippen molar-refractivity contribution in [3.8, 4) is 0 Å². The average molecular weight is 451 g/mol. The highest BCUT2D eigenvalue weighted by atomic mass is 16.5. The lowest BCUT2D eigenvalue weighted by Gasteiger charge is -2.33. The zero-order valence-corrected chi connectivity index (χ0v) is 18.3. The van der Waals surface area contributed by atoms with Crippen molar-refractivity contribution in [2.24, 2.45) is 5.41 Å². The van der Waals surface area contributed by atoms with E-state index in [2.05, 4.69) is 30.7 Å². The minimum absolute atomic E-state index is 0.0277. The maximum atomic E-state index is 13.5. The van der Waals surface area contributed by atoms with Crippen molar-refractivity contribution in [1.29, 1.82) is 0 Å². The van der Waals surface area contributed by atoms with Crippen molar-refractivity contribution in [2.45, 2.75) is 32.2 Å². The van der Waals surface area contributed by atoms with Crippen LogP contribution in [0.1, 0.15) is 45.9 Å². The van der Waals surface area contributed by atoms with Gasteiger partial charge in [-0.15, -0.1) is 0 Å². The summed E-state index contributed by atoms with van der Waals surface area (Å²) in [5.41, 5.74) is 1.50. The smallest absolute Gasteiger partial charge is 0.270 e. The summed E-state index contributed by atoms with van der Waals surface area (Å²) < 4.78 is 5.56. The van der Waals surface area contributed by atoms with Crippen molar-refractivity contribution in [1.82, 2.24) is 35.6 Å². The SMILES string of the molecule is Cc1nc(C(=O)NCC2CC3(CCOCC3)CN2C(=O)c2ccc3n[nH]nc3c2)cc(=O)[nH]1. The van der Waals surface area contributed by atoms with Gasteiger partial charge >= 0.3 is 0 Å². The molecule has 1 atom stereocenters. The molecule has 0 saturated carbocycles. The lowest BCUT2D eigenvalue weighted by molar-refractivity contribution is 0.0190. The number of rotatable bonds is 4. The van der Waals surface area contributed by atoms with Crippen LogP contribution in [-0.2, 0) is 4.74 Å². The molecule has 0 radical (unpaired) electrons. The van der Waals surface area contributed by atoms with Crippen LogP contribution >= 0.6 is 0 Å². The van der Waals surface area contributed by atoms with Gasteiger partial charge in [-0.2, -0.15) is 15.4 Å². The van der Waals surface area contributed by atoms with Gasteiger partial charge in [-0.3, -0.25) is 14.4 Å². The number of hydrogen-bond donors (Lipinski definition) is 3. The van der Waals surface area contributed by atoms with Crippen LogP contribution in [0, 0.1) is 12.3 Å². The zero-order chi connectivity index (χ0) is 23.0. The van der Waals surface area contributed by atoms with E-state index in [4.69, 9.17) is 4.74 Å². The van der Waals surface area contributed by atoms with Crippen molar-refractivity contribution in [3.05, 3.63) is 51.7 Å². The summed E-state index contributed by atoms with van der Waals surface area (Å²) in [4.78, 5) is 46.4. The van der Waals surface area contributed by atoms with Gasteiger partial charge in [-0.05, 0) is 49.8 Å². The normalized spacial score (nSPS) is 19.8. The summed E-state index contributed by atoms with van der Waals surface area (Å²) >= 11 is 0. The van der Waals surface area contributed by atoms with E-state index in [1.807, 2.05) is 4.90 Å². The van der Waals surface area contributed by atoms with E-state index in [0.29, 0.717) is 42.2 Å². The molecule has 5 rings (SSSR count). The molecule has 11 heteroatoms. The second-order valence-electron chi connectivity index (χ2n) is 8.86. The summed E-state index contributed by atoms with van der Waals surface area (Å²) in [5, 5.41) is 13.6. The molecular weight excluding hydrogens is 426 g/mol. The van der Waals surface area contributed by atoms with Gasteiger partial charge in [0, 0.05) is 44.0 Å². The summed E-state index contributed by atoms with van der Waals surface area (Å²) in [5.74, 6) is -0.170. The van der Waals surface area contributed by atoms with E-state index >= 15 is 0 Å². The van der Waals surface area contributed by atoms with E-state index < -0.39 is 5.91 Å². The largest absolute Gasteiger partial charge is 0.381 e. The van der Waals surface area contributed by atoms with E-state index in [1.165, 1.54) is 6.07 Å². The van der Waals surface area contributed by atoms with Crippen molar-refractivity contribution < 1.29 is 14.3 Å². The zero-order valence-electron chi connectivity index (χ0n) is 18.3. The Kier molecular flexibility index (Phi) is 5.41. The monoisotopic (exact) mass is 451 g/mol. The minimum atomic E-state index is -0.437. The lowest BCUT2D eigenvalue weighted by Crippen LogP contribution is -2.43. The number of aromatic amines is 2. The topological polar surface area (TPSA) is 146 Å². The fourth-order valence-corrected chi connectivity index (χ4v) is 4.89. The predicted octanol–water partition coefficient (Wildman–Crippen LogP) is 0.791. The van der Waals surface area contributed by atoms with E-state index in [1.54, 1.807) is 25.1 Å². The third-order valence-electron chi connectivity index (χ3n) is 6.58. The predicted molar refractivity (Wildman–Crippen MR) is 118 cm³/mol. The molecule has 1 aromatic carbocycles. The molecule has 0 aliphatic carbocycles. The van der Waals surface area contributed by atoms with Crippen molar-refractivity contribution >= 4 is 22.8 Å². The van der Waals surface area contributed by atoms with Crippen LogP contribution in [0.25, 0.3) is 11.0 Å².